The van der Waals surface area contributed by atoms with Gasteiger partial charge in [-0.3, -0.25) is 0 Å². The van der Waals surface area contributed by atoms with Crippen molar-refractivity contribution in [3.8, 4) is 0 Å². The van der Waals surface area contributed by atoms with Gasteiger partial charge in [-0.05, 0) is 51.1 Å². The third-order valence-corrected chi connectivity index (χ3v) is 6.48. The second-order valence-electron chi connectivity index (χ2n) is 6.25. The van der Waals surface area contributed by atoms with Gasteiger partial charge in [0.15, 0.2) is 0 Å². The molecule has 2 heterocycles. The molecule has 124 valence electrons. The molecule has 2 rings (SSSR count). The van der Waals surface area contributed by atoms with Crippen LogP contribution in [-0.2, 0) is 14.9 Å². The highest BCUT2D eigenvalue weighted by atomic mass is 32.2. The van der Waals surface area contributed by atoms with Gasteiger partial charge in [-0.2, -0.15) is 17.0 Å². The summed E-state index contributed by atoms with van der Waals surface area (Å²) in [6, 6.07) is 0. The molecule has 0 aliphatic carbocycles. The Hall–Kier alpha value is -0.210. The van der Waals surface area contributed by atoms with Crippen LogP contribution in [-0.4, -0.2) is 70.5 Å². The predicted octanol–water partition coefficient (Wildman–Crippen LogP) is 0.521. The van der Waals surface area contributed by atoms with Crippen molar-refractivity contribution < 1.29 is 13.2 Å². The smallest absolute Gasteiger partial charge is 0.281 e. The highest BCUT2D eigenvalue weighted by Gasteiger charge is 2.35. The lowest BCUT2D eigenvalue weighted by Gasteiger charge is -2.38. The molecule has 21 heavy (non-hydrogen) atoms. The maximum atomic E-state index is 12.8. The molecule has 2 atom stereocenters. The molecule has 0 aromatic heterocycles. The van der Waals surface area contributed by atoms with Crippen molar-refractivity contribution in [2.45, 2.75) is 25.7 Å². The predicted molar refractivity (Wildman–Crippen MR) is 83.3 cm³/mol. The Morgan fingerprint density at radius 3 is 2.24 bits per heavy atom. The van der Waals surface area contributed by atoms with Crippen LogP contribution in [0.1, 0.15) is 25.7 Å². The lowest BCUT2D eigenvalue weighted by molar-refractivity contribution is 0.115. The molecule has 0 saturated carbocycles. The van der Waals surface area contributed by atoms with Gasteiger partial charge in [-0.25, -0.2) is 0 Å². The van der Waals surface area contributed by atoms with Gasteiger partial charge >= 0.3 is 0 Å². The second kappa shape index (κ2) is 7.87. The van der Waals surface area contributed by atoms with E-state index in [9.17, 15) is 8.42 Å². The fraction of sp³-hybridized carbons (Fsp3) is 1.00. The average molecular weight is 319 g/mol. The van der Waals surface area contributed by atoms with Crippen LogP contribution in [0.3, 0.4) is 0 Å². The molecule has 7 heteroatoms. The molecule has 6 nitrogen and oxygen atoms in total. The van der Waals surface area contributed by atoms with E-state index in [1.54, 1.807) is 15.7 Å². The molecule has 0 spiro atoms. The molecular weight excluding hydrogens is 290 g/mol. The van der Waals surface area contributed by atoms with E-state index in [1.807, 2.05) is 7.05 Å². The third kappa shape index (κ3) is 4.39. The van der Waals surface area contributed by atoms with E-state index < -0.39 is 10.2 Å². The number of rotatable bonds is 6. The standard InChI is InChI=1S/C14H29N3O3S/c1-15-9-13-5-3-7-16(10-13)21(18,19)17-8-4-6-14(11-17)12-20-2/h13-15H,3-12H2,1-2H3. The number of nitrogens with one attached hydrogen (secondary N) is 1. The molecule has 0 radical (unpaired) electrons. The average Bonchev–Trinajstić information content (AvgIpc) is 2.48. The number of hydrogen-bond donors (Lipinski definition) is 1. The zero-order chi connectivity index (χ0) is 15.3. The fourth-order valence-electron chi connectivity index (χ4n) is 3.46. The summed E-state index contributed by atoms with van der Waals surface area (Å²) in [6.45, 7) is 4.09. The topological polar surface area (TPSA) is 61.9 Å². The van der Waals surface area contributed by atoms with Crippen molar-refractivity contribution in [1.82, 2.24) is 13.9 Å². The van der Waals surface area contributed by atoms with Gasteiger partial charge in [-0.15, -0.1) is 0 Å². The number of ether oxygens (including phenoxy) is 1. The van der Waals surface area contributed by atoms with Crippen LogP contribution in [0.15, 0.2) is 0 Å². The molecule has 2 saturated heterocycles. The van der Waals surface area contributed by atoms with E-state index in [4.69, 9.17) is 4.74 Å². The third-order valence-electron chi connectivity index (χ3n) is 4.51. The summed E-state index contributed by atoms with van der Waals surface area (Å²) in [7, 11) is 0.301. The molecule has 2 aliphatic rings. The Morgan fingerprint density at radius 1 is 1.10 bits per heavy atom. The summed E-state index contributed by atoms with van der Waals surface area (Å²) in [5.41, 5.74) is 0. The van der Waals surface area contributed by atoms with Crippen molar-refractivity contribution in [2.24, 2.45) is 11.8 Å². The van der Waals surface area contributed by atoms with Crippen LogP contribution >= 0.6 is 0 Å². The molecule has 0 aromatic carbocycles. The van der Waals surface area contributed by atoms with Crippen molar-refractivity contribution in [3.05, 3.63) is 0 Å². The number of methoxy groups -OCH3 is 1. The first kappa shape index (κ1) is 17.1. The van der Waals surface area contributed by atoms with Gasteiger partial charge in [0.2, 0.25) is 0 Å². The lowest BCUT2D eigenvalue weighted by atomic mass is 10.00. The monoisotopic (exact) mass is 319 g/mol. The minimum atomic E-state index is -3.30. The summed E-state index contributed by atoms with van der Waals surface area (Å²) < 4.78 is 34.2. The van der Waals surface area contributed by atoms with Crippen LogP contribution < -0.4 is 5.32 Å². The molecule has 2 fully saturated rings. The Balaban J connectivity index is 1.99. The maximum Gasteiger partial charge on any atom is 0.281 e. The SMILES string of the molecule is CNCC1CCCN(S(=O)(=O)N2CCCC(COC)C2)C1. The number of piperidine rings is 2. The summed E-state index contributed by atoms with van der Waals surface area (Å²) in [4.78, 5) is 0. The normalized spacial score (nSPS) is 29.6. The van der Waals surface area contributed by atoms with Gasteiger partial charge in [-0.1, -0.05) is 0 Å². The van der Waals surface area contributed by atoms with E-state index in [-0.39, 0.29) is 0 Å². The number of hydrogen-bond acceptors (Lipinski definition) is 4. The number of nitrogens with zero attached hydrogens (tertiary/aromatic N) is 2. The van der Waals surface area contributed by atoms with Crippen LogP contribution in [0.2, 0.25) is 0 Å². The second-order valence-corrected chi connectivity index (χ2v) is 8.18. The van der Waals surface area contributed by atoms with Crippen molar-refractivity contribution in [2.75, 3.05) is 53.5 Å². The molecule has 0 bridgehead atoms. The van der Waals surface area contributed by atoms with Crippen molar-refractivity contribution in [3.63, 3.8) is 0 Å². The van der Waals surface area contributed by atoms with Crippen LogP contribution in [0.4, 0.5) is 0 Å². The zero-order valence-electron chi connectivity index (χ0n) is 13.3. The Morgan fingerprint density at radius 2 is 1.67 bits per heavy atom. The van der Waals surface area contributed by atoms with Gasteiger partial charge < -0.3 is 10.1 Å². The summed E-state index contributed by atoms with van der Waals surface area (Å²) >= 11 is 0. The first-order valence-corrected chi connectivity index (χ1v) is 9.36. The Labute approximate surface area is 129 Å². The summed E-state index contributed by atoms with van der Waals surface area (Å²) in [6.07, 6.45) is 4.06. The first-order chi connectivity index (χ1) is 10.1. The van der Waals surface area contributed by atoms with E-state index in [0.717, 1.165) is 32.2 Å². The highest BCUT2D eigenvalue weighted by Crippen LogP contribution is 2.25. The van der Waals surface area contributed by atoms with Crippen molar-refractivity contribution >= 4 is 10.2 Å². The van der Waals surface area contributed by atoms with Gasteiger partial charge in [0, 0.05) is 33.3 Å². The molecule has 0 amide bonds. The molecule has 2 unspecified atom stereocenters. The fourth-order valence-corrected chi connectivity index (χ4v) is 5.31. The zero-order valence-corrected chi connectivity index (χ0v) is 14.1. The van der Waals surface area contributed by atoms with E-state index in [2.05, 4.69) is 5.32 Å². The quantitative estimate of drug-likeness (QED) is 0.775. The molecule has 1 N–H and O–H groups in total. The molecular formula is C14H29N3O3S. The Kier molecular flexibility index (Phi) is 6.43. The maximum absolute atomic E-state index is 12.8. The molecule has 0 aromatic rings. The minimum absolute atomic E-state index is 0.330. The highest BCUT2D eigenvalue weighted by molar-refractivity contribution is 7.86. The van der Waals surface area contributed by atoms with E-state index >= 15 is 0 Å². The lowest BCUT2D eigenvalue weighted by Crippen LogP contribution is -2.52. The van der Waals surface area contributed by atoms with Crippen molar-refractivity contribution in [1.29, 1.82) is 0 Å². The first-order valence-electron chi connectivity index (χ1n) is 7.96. The minimum Gasteiger partial charge on any atom is -0.384 e. The van der Waals surface area contributed by atoms with Crippen LogP contribution in [0.5, 0.6) is 0 Å². The largest absolute Gasteiger partial charge is 0.384 e. The van der Waals surface area contributed by atoms with E-state index in [0.29, 0.717) is 44.6 Å². The summed E-state index contributed by atoms with van der Waals surface area (Å²) in [5.74, 6) is 0.759. The van der Waals surface area contributed by atoms with Gasteiger partial charge in [0.25, 0.3) is 10.2 Å². The van der Waals surface area contributed by atoms with E-state index in [1.165, 1.54) is 0 Å². The molecule has 2 aliphatic heterocycles. The van der Waals surface area contributed by atoms with Gasteiger partial charge in [0.05, 0.1) is 6.61 Å². The Bertz CT molecular complexity index is 380. The van der Waals surface area contributed by atoms with Crippen LogP contribution in [0.25, 0.3) is 0 Å². The van der Waals surface area contributed by atoms with Gasteiger partial charge in [0.1, 0.15) is 0 Å². The summed E-state index contributed by atoms with van der Waals surface area (Å²) in [5, 5.41) is 3.16. The van der Waals surface area contributed by atoms with Crippen LogP contribution in [0, 0.1) is 11.8 Å².